The molecular weight excluding hydrogens is 270 g/mol. The Morgan fingerprint density at radius 3 is 2.80 bits per heavy atom. The lowest BCUT2D eigenvalue weighted by Crippen LogP contribution is -2.24. The average Bonchev–Trinajstić information content (AvgIpc) is 2.98. The Balaban J connectivity index is 1.73. The predicted octanol–water partition coefficient (Wildman–Crippen LogP) is 2.64. The largest absolute Gasteiger partial charge is 0.352 e. The van der Waals surface area contributed by atoms with Crippen LogP contribution >= 0.6 is 11.8 Å². The van der Waals surface area contributed by atoms with Gasteiger partial charge in [-0.15, -0.1) is 0 Å². The number of aryl methyl sites for hydroxylation is 1. The van der Waals surface area contributed by atoms with Crippen molar-refractivity contribution in [2.75, 3.05) is 12.8 Å². The molecule has 4 nitrogen and oxygen atoms in total. The Kier molecular flexibility index (Phi) is 5.68. The lowest BCUT2D eigenvalue weighted by atomic mass is 10.1. The first-order valence-corrected chi connectivity index (χ1v) is 8.03. The van der Waals surface area contributed by atoms with Gasteiger partial charge in [0.15, 0.2) is 0 Å². The van der Waals surface area contributed by atoms with Gasteiger partial charge < -0.3 is 10.3 Å². The highest BCUT2D eigenvalue weighted by molar-refractivity contribution is 7.97. The number of thioether (sulfide) groups is 1. The third kappa shape index (κ3) is 4.42. The molecule has 0 aliphatic heterocycles. The number of benzene rings is 1. The predicted molar refractivity (Wildman–Crippen MR) is 82.9 cm³/mol. The number of hydrogen-bond acceptors (Lipinski definition) is 3. The van der Waals surface area contributed by atoms with Gasteiger partial charge in [-0.05, 0) is 30.4 Å². The highest BCUT2D eigenvalue weighted by atomic mass is 32.2. The zero-order chi connectivity index (χ0) is 14.2. The smallest absolute Gasteiger partial charge is 0.251 e. The Morgan fingerprint density at radius 1 is 1.35 bits per heavy atom. The molecule has 2 N–H and O–H groups in total. The van der Waals surface area contributed by atoms with Crippen LogP contribution in [0.5, 0.6) is 0 Å². The average molecular weight is 289 g/mol. The summed E-state index contributed by atoms with van der Waals surface area (Å²) in [7, 11) is 0. The van der Waals surface area contributed by atoms with Crippen molar-refractivity contribution in [3.8, 4) is 0 Å². The molecule has 1 heterocycles. The first-order valence-electron chi connectivity index (χ1n) is 6.64. The zero-order valence-corrected chi connectivity index (χ0v) is 12.4. The molecule has 2 aromatic rings. The molecule has 0 saturated carbocycles. The summed E-state index contributed by atoms with van der Waals surface area (Å²) >= 11 is 1.78. The van der Waals surface area contributed by atoms with Crippen LogP contribution in [-0.4, -0.2) is 28.7 Å². The fourth-order valence-electron chi connectivity index (χ4n) is 1.91. The van der Waals surface area contributed by atoms with Crippen LogP contribution in [0.2, 0.25) is 0 Å². The third-order valence-corrected chi connectivity index (χ3v) is 3.58. The van der Waals surface area contributed by atoms with Gasteiger partial charge in [-0.1, -0.05) is 12.1 Å². The van der Waals surface area contributed by atoms with Gasteiger partial charge in [0.1, 0.15) is 5.82 Å². The van der Waals surface area contributed by atoms with Crippen molar-refractivity contribution >= 4 is 17.7 Å². The van der Waals surface area contributed by atoms with Crippen molar-refractivity contribution in [3.63, 3.8) is 0 Å². The van der Waals surface area contributed by atoms with E-state index in [0.717, 1.165) is 24.4 Å². The van der Waals surface area contributed by atoms with E-state index < -0.39 is 0 Å². The Hall–Kier alpha value is -1.75. The maximum absolute atomic E-state index is 11.9. The van der Waals surface area contributed by atoms with Crippen molar-refractivity contribution in [1.82, 2.24) is 15.3 Å². The number of H-pyrrole nitrogens is 1. The van der Waals surface area contributed by atoms with E-state index in [4.69, 9.17) is 0 Å². The van der Waals surface area contributed by atoms with E-state index in [2.05, 4.69) is 21.5 Å². The molecule has 0 spiro atoms. The molecule has 0 radical (unpaired) electrons. The second-order valence-electron chi connectivity index (χ2n) is 4.53. The topological polar surface area (TPSA) is 57.8 Å². The summed E-state index contributed by atoms with van der Waals surface area (Å²) in [6.07, 6.45) is 7.34. The van der Waals surface area contributed by atoms with Gasteiger partial charge in [0, 0.05) is 36.7 Å². The Bertz CT molecular complexity index is 523. The molecule has 1 aromatic carbocycles. The molecule has 0 unspecified atom stereocenters. The summed E-state index contributed by atoms with van der Waals surface area (Å²) in [6, 6.07) is 7.78. The van der Waals surface area contributed by atoms with Gasteiger partial charge in [0.05, 0.1) is 0 Å². The molecule has 1 amide bonds. The lowest BCUT2D eigenvalue weighted by molar-refractivity contribution is 0.0953. The van der Waals surface area contributed by atoms with Crippen molar-refractivity contribution in [3.05, 3.63) is 53.6 Å². The molecule has 0 saturated heterocycles. The highest BCUT2D eigenvalue weighted by Crippen LogP contribution is 2.10. The molecule has 0 fully saturated rings. The number of amides is 1. The Labute approximate surface area is 123 Å². The summed E-state index contributed by atoms with van der Waals surface area (Å²) in [4.78, 5) is 19.1. The van der Waals surface area contributed by atoms with Gasteiger partial charge in [-0.2, -0.15) is 11.8 Å². The molecule has 0 aliphatic carbocycles. The van der Waals surface area contributed by atoms with E-state index in [1.165, 1.54) is 5.56 Å². The molecule has 2 rings (SSSR count). The monoisotopic (exact) mass is 289 g/mol. The molecule has 0 bridgehead atoms. The van der Waals surface area contributed by atoms with Gasteiger partial charge in [-0.3, -0.25) is 4.79 Å². The highest BCUT2D eigenvalue weighted by Gasteiger charge is 2.04. The number of carbonyl (C=O) groups excluding carboxylic acids is 1. The van der Waals surface area contributed by atoms with Crippen LogP contribution in [-0.2, 0) is 12.2 Å². The van der Waals surface area contributed by atoms with Crippen LogP contribution in [0.1, 0.15) is 28.2 Å². The van der Waals surface area contributed by atoms with Gasteiger partial charge in [-0.25, -0.2) is 4.98 Å². The van der Waals surface area contributed by atoms with Gasteiger partial charge in [0.2, 0.25) is 0 Å². The minimum absolute atomic E-state index is 0.0138. The molecule has 0 atom stereocenters. The van der Waals surface area contributed by atoms with Crippen molar-refractivity contribution in [2.45, 2.75) is 18.6 Å². The molecule has 0 aliphatic rings. The quantitative estimate of drug-likeness (QED) is 0.770. The summed E-state index contributed by atoms with van der Waals surface area (Å²) in [5.41, 5.74) is 1.96. The maximum Gasteiger partial charge on any atom is 0.251 e. The fraction of sp³-hybridized carbons (Fsp3) is 0.333. The van der Waals surface area contributed by atoms with Crippen LogP contribution in [0.15, 0.2) is 36.7 Å². The second-order valence-corrected chi connectivity index (χ2v) is 5.39. The number of hydrogen-bond donors (Lipinski definition) is 2. The summed E-state index contributed by atoms with van der Waals surface area (Å²) in [5.74, 6) is 1.92. The van der Waals surface area contributed by atoms with E-state index in [1.54, 1.807) is 18.0 Å². The van der Waals surface area contributed by atoms with Crippen LogP contribution in [0, 0.1) is 0 Å². The van der Waals surface area contributed by atoms with E-state index in [0.29, 0.717) is 12.1 Å². The van der Waals surface area contributed by atoms with Gasteiger partial charge in [0.25, 0.3) is 5.91 Å². The van der Waals surface area contributed by atoms with Crippen molar-refractivity contribution < 1.29 is 4.79 Å². The second kappa shape index (κ2) is 7.75. The maximum atomic E-state index is 11.9. The molecule has 5 heteroatoms. The van der Waals surface area contributed by atoms with Crippen LogP contribution in [0.4, 0.5) is 0 Å². The van der Waals surface area contributed by atoms with Crippen molar-refractivity contribution in [2.24, 2.45) is 0 Å². The lowest BCUT2D eigenvalue weighted by Gasteiger charge is -2.05. The summed E-state index contributed by atoms with van der Waals surface area (Å²) in [5, 5.41) is 2.93. The first-order chi connectivity index (χ1) is 9.79. The van der Waals surface area contributed by atoms with Crippen LogP contribution in [0.25, 0.3) is 0 Å². The van der Waals surface area contributed by atoms with Crippen LogP contribution < -0.4 is 5.32 Å². The molecule has 20 heavy (non-hydrogen) atoms. The fourth-order valence-corrected chi connectivity index (χ4v) is 2.44. The standard InChI is InChI=1S/C15H19N3OS/c1-20-11-12-4-6-13(7-5-12)15(19)18-8-2-3-14-16-9-10-17-14/h4-7,9-10H,2-3,8,11H2,1H3,(H,16,17)(H,18,19). The summed E-state index contributed by atoms with van der Waals surface area (Å²) < 4.78 is 0. The number of imidazole rings is 1. The van der Waals surface area contributed by atoms with E-state index in [9.17, 15) is 4.79 Å². The van der Waals surface area contributed by atoms with Crippen LogP contribution in [0.3, 0.4) is 0 Å². The SMILES string of the molecule is CSCc1ccc(C(=O)NCCCc2ncc[nH]2)cc1. The zero-order valence-electron chi connectivity index (χ0n) is 11.6. The molecule has 1 aromatic heterocycles. The number of rotatable bonds is 7. The number of nitrogens with one attached hydrogen (secondary N) is 2. The number of nitrogens with zero attached hydrogens (tertiary/aromatic N) is 1. The number of aromatic nitrogens is 2. The minimum Gasteiger partial charge on any atom is -0.352 e. The Morgan fingerprint density at radius 2 is 2.15 bits per heavy atom. The first kappa shape index (κ1) is 14.7. The molecular formula is C15H19N3OS. The normalized spacial score (nSPS) is 10.4. The van der Waals surface area contributed by atoms with Gasteiger partial charge >= 0.3 is 0 Å². The molecule has 106 valence electrons. The third-order valence-electron chi connectivity index (χ3n) is 2.96. The minimum atomic E-state index is -0.0138. The van der Waals surface area contributed by atoms with Crippen molar-refractivity contribution in [1.29, 1.82) is 0 Å². The summed E-state index contributed by atoms with van der Waals surface area (Å²) in [6.45, 7) is 0.659. The van der Waals surface area contributed by atoms with E-state index >= 15 is 0 Å². The van der Waals surface area contributed by atoms with E-state index in [-0.39, 0.29) is 5.91 Å². The van der Waals surface area contributed by atoms with E-state index in [1.807, 2.05) is 30.5 Å². The number of aromatic amines is 1. The number of carbonyl (C=O) groups is 1.